The maximum atomic E-state index is 5.30. The molecule has 1 aromatic carbocycles. The molecule has 2 aliphatic heterocycles. The zero-order chi connectivity index (χ0) is 13.8. The molecule has 2 saturated heterocycles. The van der Waals surface area contributed by atoms with Gasteiger partial charge < -0.3 is 9.57 Å². The Balaban J connectivity index is 1.50. The van der Waals surface area contributed by atoms with E-state index in [9.17, 15) is 0 Å². The van der Waals surface area contributed by atoms with Crippen LogP contribution in [-0.4, -0.2) is 44.0 Å². The Morgan fingerprint density at radius 2 is 2.40 bits per heavy atom. The number of rotatable bonds is 3. The number of ether oxygens (including phenoxy) is 1. The van der Waals surface area contributed by atoms with E-state index in [1.165, 1.54) is 18.7 Å². The standard InChI is InChI=1S/C16H18N2O2/c1-19-15-6-2-4-13(10-15)5-3-9-20-17-16-12-18-8-7-14(16)11-18/h2,4,6,10,14H,7-9,11-12H2,1H3/b17-16-. The molecule has 2 unspecified atom stereocenters. The number of hydrogen-bond acceptors (Lipinski definition) is 4. The van der Waals surface area contributed by atoms with Crippen molar-refractivity contribution >= 4 is 5.71 Å². The molecule has 1 aromatic rings. The summed E-state index contributed by atoms with van der Waals surface area (Å²) in [5, 5.41) is 4.22. The van der Waals surface area contributed by atoms with Crippen LogP contribution in [0.2, 0.25) is 0 Å². The summed E-state index contributed by atoms with van der Waals surface area (Å²) in [4.78, 5) is 7.72. The van der Waals surface area contributed by atoms with Gasteiger partial charge in [-0.25, -0.2) is 0 Å². The van der Waals surface area contributed by atoms with Crippen molar-refractivity contribution < 1.29 is 9.57 Å². The highest BCUT2D eigenvalue weighted by Gasteiger charge is 2.35. The Bertz CT molecular complexity index is 571. The van der Waals surface area contributed by atoms with E-state index in [2.05, 4.69) is 21.9 Å². The molecule has 2 fully saturated rings. The van der Waals surface area contributed by atoms with Crippen molar-refractivity contribution in [3.8, 4) is 17.6 Å². The highest BCUT2D eigenvalue weighted by atomic mass is 16.6. The third kappa shape index (κ3) is 2.94. The fourth-order valence-electron chi connectivity index (χ4n) is 2.70. The molecule has 2 atom stereocenters. The SMILES string of the molecule is COc1cccc(C#CCO/N=C2/CN3CCC2C3)c1. The summed E-state index contributed by atoms with van der Waals surface area (Å²) >= 11 is 0. The van der Waals surface area contributed by atoms with Crippen LogP contribution in [0.15, 0.2) is 29.4 Å². The molecule has 4 nitrogen and oxygen atoms in total. The first-order chi connectivity index (χ1) is 9.85. The molecule has 3 rings (SSSR count). The first kappa shape index (κ1) is 13.0. The van der Waals surface area contributed by atoms with Crippen LogP contribution in [-0.2, 0) is 4.84 Å². The molecule has 0 aliphatic carbocycles. The normalized spacial score (nSPS) is 25.4. The van der Waals surface area contributed by atoms with Crippen LogP contribution in [0.3, 0.4) is 0 Å². The lowest BCUT2D eigenvalue weighted by Crippen LogP contribution is -2.23. The number of nitrogens with zero attached hydrogens (tertiary/aromatic N) is 2. The van der Waals surface area contributed by atoms with E-state index in [0.717, 1.165) is 24.4 Å². The van der Waals surface area contributed by atoms with Crippen LogP contribution in [0.25, 0.3) is 0 Å². The summed E-state index contributed by atoms with van der Waals surface area (Å²) in [7, 11) is 1.65. The van der Waals surface area contributed by atoms with Crippen molar-refractivity contribution in [2.45, 2.75) is 6.42 Å². The van der Waals surface area contributed by atoms with Crippen LogP contribution >= 0.6 is 0 Å². The maximum Gasteiger partial charge on any atom is 0.177 e. The molecule has 2 bridgehead atoms. The van der Waals surface area contributed by atoms with E-state index < -0.39 is 0 Å². The van der Waals surface area contributed by atoms with E-state index in [4.69, 9.17) is 9.57 Å². The zero-order valence-corrected chi connectivity index (χ0v) is 11.6. The fraction of sp³-hybridized carbons (Fsp3) is 0.438. The Morgan fingerprint density at radius 3 is 3.15 bits per heavy atom. The maximum absolute atomic E-state index is 5.30. The van der Waals surface area contributed by atoms with Crippen molar-refractivity contribution in [1.29, 1.82) is 0 Å². The lowest BCUT2D eigenvalue weighted by molar-refractivity contribution is 0.177. The summed E-state index contributed by atoms with van der Waals surface area (Å²) in [6, 6.07) is 7.68. The van der Waals surface area contributed by atoms with Gasteiger partial charge in [0, 0.05) is 24.6 Å². The summed E-state index contributed by atoms with van der Waals surface area (Å²) in [5.41, 5.74) is 2.10. The van der Waals surface area contributed by atoms with E-state index in [1.807, 2.05) is 24.3 Å². The lowest BCUT2D eigenvalue weighted by atomic mass is 10.0. The predicted octanol–water partition coefficient (Wildman–Crippen LogP) is 1.75. The molecular formula is C16H18N2O2. The third-order valence-electron chi connectivity index (χ3n) is 3.75. The monoisotopic (exact) mass is 270 g/mol. The van der Waals surface area contributed by atoms with Crippen molar-refractivity contribution in [3.63, 3.8) is 0 Å². The largest absolute Gasteiger partial charge is 0.497 e. The Labute approximate surface area is 119 Å². The van der Waals surface area contributed by atoms with E-state index in [-0.39, 0.29) is 0 Å². The number of fused-ring (bicyclic) bond motifs is 2. The molecule has 4 heteroatoms. The van der Waals surface area contributed by atoms with E-state index in [0.29, 0.717) is 12.5 Å². The van der Waals surface area contributed by atoms with Gasteiger partial charge >= 0.3 is 0 Å². The molecule has 0 radical (unpaired) electrons. The quantitative estimate of drug-likeness (QED) is 0.477. The van der Waals surface area contributed by atoms with Crippen molar-refractivity contribution in [3.05, 3.63) is 29.8 Å². The molecule has 20 heavy (non-hydrogen) atoms. The highest BCUT2D eigenvalue weighted by molar-refractivity contribution is 5.91. The van der Waals surface area contributed by atoms with Gasteiger partial charge in [0.15, 0.2) is 6.61 Å². The van der Waals surface area contributed by atoms with Gasteiger partial charge in [0.1, 0.15) is 5.75 Å². The number of hydrogen-bond donors (Lipinski definition) is 0. The predicted molar refractivity (Wildman–Crippen MR) is 77.8 cm³/mol. The average molecular weight is 270 g/mol. The second kappa shape index (κ2) is 5.98. The van der Waals surface area contributed by atoms with Crippen molar-refractivity contribution in [1.82, 2.24) is 4.90 Å². The zero-order valence-electron chi connectivity index (χ0n) is 11.6. The smallest absolute Gasteiger partial charge is 0.177 e. The molecule has 0 saturated carbocycles. The van der Waals surface area contributed by atoms with E-state index in [1.54, 1.807) is 7.11 Å². The average Bonchev–Trinajstić information content (AvgIpc) is 3.10. The Hall–Kier alpha value is -1.99. The molecule has 0 amide bonds. The lowest BCUT2D eigenvalue weighted by Gasteiger charge is -2.12. The van der Waals surface area contributed by atoms with Crippen LogP contribution in [0.5, 0.6) is 5.75 Å². The number of piperidine rings is 1. The molecule has 0 aromatic heterocycles. The van der Waals surface area contributed by atoms with Gasteiger partial charge in [0.2, 0.25) is 0 Å². The molecule has 2 aliphatic rings. The summed E-state index contributed by atoms with van der Waals surface area (Å²) < 4.78 is 5.15. The highest BCUT2D eigenvalue weighted by Crippen LogP contribution is 2.25. The molecule has 2 heterocycles. The minimum Gasteiger partial charge on any atom is -0.497 e. The Morgan fingerprint density at radius 1 is 1.45 bits per heavy atom. The molecule has 0 N–H and O–H groups in total. The fourth-order valence-corrected chi connectivity index (χ4v) is 2.70. The number of benzene rings is 1. The van der Waals surface area contributed by atoms with Crippen LogP contribution in [0, 0.1) is 17.8 Å². The van der Waals surface area contributed by atoms with Gasteiger partial charge in [0.05, 0.1) is 12.8 Å². The van der Waals surface area contributed by atoms with Gasteiger partial charge in [-0.05, 0) is 31.2 Å². The van der Waals surface area contributed by atoms with Crippen molar-refractivity contribution in [2.24, 2.45) is 11.1 Å². The molecular weight excluding hydrogens is 252 g/mol. The second-order valence-corrected chi connectivity index (χ2v) is 5.11. The molecule has 104 valence electrons. The van der Waals surface area contributed by atoms with Crippen LogP contribution < -0.4 is 4.74 Å². The second-order valence-electron chi connectivity index (χ2n) is 5.11. The minimum absolute atomic E-state index is 0.327. The number of oxime groups is 1. The third-order valence-corrected chi connectivity index (χ3v) is 3.75. The van der Waals surface area contributed by atoms with E-state index >= 15 is 0 Å². The molecule has 0 spiro atoms. The summed E-state index contributed by atoms with van der Waals surface area (Å²) in [6.45, 7) is 3.65. The summed E-state index contributed by atoms with van der Waals surface area (Å²) in [5.74, 6) is 7.44. The topological polar surface area (TPSA) is 34.1 Å². The van der Waals surface area contributed by atoms with Gasteiger partial charge in [-0.3, -0.25) is 4.90 Å². The number of methoxy groups -OCH3 is 1. The Kier molecular flexibility index (Phi) is 3.89. The first-order valence-electron chi connectivity index (χ1n) is 6.89. The van der Waals surface area contributed by atoms with Gasteiger partial charge in [0.25, 0.3) is 0 Å². The van der Waals surface area contributed by atoms with Crippen LogP contribution in [0.4, 0.5) is 0 Å². The van der Waals surface area contributed by atoms with Gasteiger partial charge in [-0.15, -0.1) is 0 Å². The summed E-state index contributed by atoms with van der Waals surface area (Å²) in [6.07, 6.45) is 1.22. The minimum atomic E-state index is 0.327. The van der Waals surface area contributed by atoms with Crippen LogP contribution in [0.1, 0.15) is 12.0 Å². The van der Waals surface area contributed by atoms with Gasteiger partial charge in [-0.1, -0.05) is 23.1 Å². The first-order valence-corrected chi connectivity index (χ1v) is 6.89. The van der Waals surface area contributed by atoms with Crippen molar-refractivity contribution in [2.75, 3.05) is 33.4 Å². The van der Waals surface area contributed by atoms with Gasteiger partial charge in [-0.2, -0.15) is 0 Å².